The first kappa shape index (κ1) is 17.5. The molecule has 0 bridgehead atoms. The molecule has 4 aromatic heterocycles. The van der Waals surface area contributed by atoms with Crippen molar-refractivity contribution in [1.82, 2.24) is 19.9 Å². The maximum atomic E-state index is 4.75. The predicted molar refractivity (Wildman–Crippen MR) is 113 cm³/mol. The van der Waals surface area contributed by atoms with E-state index in [0.717, 1.165) is 31.0 Å². The van der Waals surface area contributed by atoms with Crippen molar-refractivity contribution in [1.29, 1.82) is 0 Å². The third kappa shape index (κ3) is 3.47. The fourth-order valence-electron chi connectivity index (χ4n) is 4.06. The van der Waals surface area contributed by atoms with Crippen LogP contribution in [0.4, 0.5) is 11.6 Å². The topological polar surface area (TPSA) is 54.8 Å². The number of nitrogens with zero attached hydrogens (tertiary/aromatic N) is 5. The summed E-state index contributed by atoms with van der Waals surface area (Å²) < 4.78 is 0. The van der Waals surface area contributed by atoms with Gasteiger partial charge in [-0.25, -0.2) is 9.97 Å². The average molecular weight is 379 g/mol. The minimum atomic E-state index is 0.158. The minimum Gasteiger partial charge on any atom is -0.310 e. The number of fused-ring (bicyclic) bond motifs is 1. The van der Waals surface area contributed by atoms with E-state index in [1.165, 1.54) is 22.3 Å². The minimum absolute atomic E-state index is 0.158. The van der Waals surface area contributed by atoms with E-state index >= 15 is 0 Å². The Morgan fingerprint density at radius 2 is 1.41 bits per heavy atom. The van der Waals surface area contributed by atoms with Crippen LogP contribution in [0.3, 0.4) is 0 Å². The van der Waals surface area contributed by atoms with E-state index in [4.69, 9.17) is 4.98 Å². The Hall–Kier alpha value is -3.60. The number of pyridine rings is 4. The maximum absolute atomic E-state index is 4.75. The predicted octanol–water partition coefficient (Wildman–Crippen LogP) is 4.34. The second-order valence-electron chi connectivity index (χ2n) is 7.20. The summed E-state index contributed by atoms with van der Waals surface area (Å²) >= 11 is 0. The van der Waals surface area contributed by atoms with Gasteiger partial charge in [-0.15, -0.1) is 0 Å². The van der Waals surface area contributed by atoms with Gasteiger partial charge in [-0.2, -0.15) is 0 Å². The molecular formula is C24H21N5. The van der Waals surface area contributed by atoms with Crippen LogP contribution in [0.25, 0.3) is 0 Å². The van der Waals surface area contributed by atoms with Crippen molar-refractivity contribution in [3.05, 3.63) is 108 Å². The molecule has 29 heavy (non-hydrogen) atoms. The molecule has 1 aliphatic rings. The summed E-state index contributed by atoms with van der Waals surface area (Å²) in [4.78, 5) is 20.3. The van der Waals surface area contributed by atoms with Gasteiger partial charge >= 0.3 is 0 Å². The Morgan fingerprint density at radius 3 is 2.10 bits per heavy atom. The number of rotatable bonds is 5. The van der Waals surface area contributed by atoms with Gasteiger partial charge in [0.05, 0.1) is 0 Å². The lowest BCUT2D eigenvalue weighted by atomic mass is 9.87. The normalized spacial score (nSPS) is 12.9. The van der Waals surface area contributed by atoms with Gasteiger partial charge in [0.15, 0.2) is 0 Å². The number of hydrogen-bond donors (Lipinski definition) is 0. The highest BCUT2D eigenvalue weighted by Crippen LogP contribution is 2.36. The Morgan fingerprint density at radius 1 is 0.759 bits per heavy atom. The summed E-state index contributed by atoms with van der Waals surface area (Å²) in [5.74, 6) is 2.17. The van der Waals surface area contributed by atoms with Gasteiger partial charge in [-0.05, 0) is 59.4 Å². The first-order valence-corrected chi connectivity index (χ1v) is 9.85. The molecule has 0 spiro atoms. The Labute approximate surface area is 170 Å². The van der Waals surface area contributed by atoms with Crippen LogP contribution in [0.5, 0.6) is 0 Å². The molecule has 5 nitrogen and oxygen atoms in total. The van der Waals surface area contributed by atoms with E-state index in [1.807, 2.05) is 61.4 Å². The molecule has 0 amide bonds. The van der Waals surface area contributed by atoms with Crippen molar-refractivity contribution in [3.8, 4) is 0 Å². The van der Waals surface area contributed by atoms with Crippen molar-refractivity contribution in [3.63, 3.8) is 0 Å². The quantitative estimate of drug-likeness (QED) is 0.516. The van der Waals surface area contributed by atoms with Crippen LogP contribution in [0, 0.1) is 0 Å². The van der Waals surface area contributed by atoms with Gasteiger partial charge in [0, 0.05) is 49.6 Å². The smallest absolute Gasteiger partial charge is 0.137 e. The van der Waals surface area contributed by atoms with Gasteiger partial charge < -0.3 is 4.90 Å². The summed E-state index contributed by atoms with van der Waals surface area (Å²) in [5.41, 5.74) is 4.83. The summed E-state index contributed by atoms with van der Waals surface area (Å²) in [5, 5.41) is 0. The number of hydrogen-bond acceptors (Lipinski definition) is 5. The average Bonchev–Trinajstić information content (AvgIpc) is 3.23. The van der Waals surface area contributed by atoms with Crippen LogP contribution in [-0.2, 0) is 12.8 Å². The van der Waals surface area contributed by atoms with Gasteiger partial charge in [-0.3, -0.25) is 9.97 Å². The standard InChI is InChI=1S/C24H21N5/c1-7-20(16-25-10-1)22(21-8-2-11-26-17-21)15-19-6-4-13-28-24(19)29-14-9-18-5-3-12-27-23(18)29/h1-8,10-13,16-17,22H,9,14-15H2. The molecule has 1 aliphatic heterocycles. The van der Waals surface area contributed by atoms with Crippen molar-refractivity contribution in [2.75, 3.05) is 11.4 Å². The summed E-state index contributed by atoms with van der Waals surface area (Å²) in [6.07, 6.45) is 13.0. The van der Waals surface area contributed by atoms with E-state index in [1.54, 1.807) is 0 Å². The fraction of sp³-hybridized carbons (Fsp3) is 0.167. The maximum Gasteiger partial charge on any atom is 0.137 e. The molecule has 0 aliphatic carbocycles. The lowest BCUT2D eigenvalue weighted by Crippen LogP contribution is -2.19. The van der Waals surface area contributed by atoms with Crippen molar-refractivity contribution in [2.24, 2.45) is 0 Å². The van der Waals surface area contributed by atoms with Gasteiger partial charge in [-0.1, -0.05) is 24.3 Å². The molecular weight excluding hydrogens is 358 g/mol. The molecule has 5 heteroatoms. The third-order valence-corrected chi connectivity index (χ3v) is 5.45. The highest BCUT2D eigenvalue weighted by molar-refractivity contribution is 5.66. The first-order valence-electron chi connectivity index (χ1n) is 9.85. The van der Waals surface area contributed by atoms with Gasteiger partial charge in [0.2, 0.25) is 0 Å². The molecule has 0 radical (unpaired) electrons. The molecule has 0 N–H and O–H groups in total. The highest BCUT2D eigenvalue weighted by Gasteiger charge is 2.26. The highest BCUT2D eigenvalue weighted by atomic mass is 15.2. The van der Waals surface area contributed by atoms with Crippen molar-refractivity contribution < 1.29 is 0 Å². The van der Waals surface area contributed by atoms with Gasteiger partial charge in [0.1, 0.15) is 11.6 Å². The first-order chi connectivity index (χ1) is 14.4. The van der Waals surface area contributed by atoms with Crippen LogP contribution in [0.1, 0.15) is 28.2 Å². The zero-order valence-electron chi connectivity index (χ0n) is 16.0. The molecule has 0 unspecified atom stereocenters. The van der Waals surface area contributed by atoms with E-state index < -0.39 is 0 Å². The molecule has 0 atom stereocenters. The van der Waals surface area contributed by atoms with Crippen LogP contribution in [0.2, 0.25) is 0 Å². The lowest BCUT2D eigenvalue weighted by Gasteiger charge is -2.23. The Bertz CT molecular complexity index is 1060. The molecule has 5 heterocycles. The lowest BCUT2D eigenvalue weighted by molar-refractivity contribution is 0.786. The van der Waals surface area contributed by atoms with Gasteiger partial charge in [0.25, 0.3) is 0 Å². The molecule has 5 rings (SSSR count). The molecule has 142 valence electrons. The largest absolute Gasteiger partial charge is 0.310 e. The van der Waals surface area contributed by atoms with Crippen LogP contribution >= 0.6 is 0 Å². The number of aromatic nitrogens is 4. The summed E-state index contributed by atoms with van der Waals surface area (Å²) in [6, 6.07) is 16.6. The molecule has 0 saturated heterocycles. The van der Waals surface area contributed by atoms with Crippen molar-refractivity contribution in [2.45, 2.75) is 18.8 Å². The molecule has 4 aromatic rings. The zero-order valence-corrected chi connectivity index (χ0v) is 16.0. The zero-order chi connectivity index (χ0) is 19.5. The Balaban J connectivity index is 1.54. The van der Waals surface area contributed by atoms with E-state index in [9.17, 15) is 0 Å². The SMILES string of the molecule is c1cncc(C(Cc2cccnc2N2CCc3cccnc32)c2cccnc2)c1. The van der Waals surface area contributed by atoms with Crippen LogP contribution in [-0.4, -0.2) is 26.5 Å². The fourth-order valence-corrected chi connectivity index (χ4v) is 4.06. The molecule has 0 saturated carbocycles. The van der Waals surface area contributed by atoms with E-state index in [0.29, 0.717) is 0 Å². The summed E-state index contributed by atoms with van der Waals surface area (Å²) in [7, 11) is 0. The van der Waals surface area contributed by atoms with E-state index in [-0.39, 0.29) is 5.92 Å². The summed E-state index contributed by atoms with van der Waals surface area (Å²) in [6.45, 7) is 0.904. The van der Waals surface area contributed by atoms with Crippen molar-refractivity contribution >= 4 is 11.6 Å². The Kier molecular flexibility index (Phi) is 4.70. The monoisotopic (exact) mass is 379 g/mol. The molecule has 0 fully saturated rings. The van der Waals surface area contributed by atoms with E-state index in [2.05, 4.69) is 44.1 Å². The third-order valence-electron chi connectivity index (χ3n) is 5.45. The second-order valence-corrected chi connectivity index (χ2v) is 7.20. The van der Waals surface area contributed by atoms with Crippen LogP contribution in [0.15, 0.2) is 85.7 Å². The van der Waals surface area contributed by atoms with Crippen LogP contribution < -0.4 is 4.90 Å². The second kappa shape index (κ2) is 7.80. The molecule has 0 aromatic carbocycles. The number of anilines is 2.